The summed E-state index contributed by atoms with van der Waals surface area (Å²) in [6.45, 7) is 3.20. The quantitative estimate of drug-likeness (QED) is 0.808. The van der Waals surface area contributed by atoms with Gasteiger partial charge in [-0.25, -0.2) is 0 Å². The van der Waals surface area contributed by atoms with Crippen LogP contribution in [-0.2, 0) is 6.18 Å². The molecule has 0 amide bonds. The van der Waals surface area contributed by atoms with Crippen molar-refractivity contribution in [2.24, 2.45) is 0 Å². The van der Waals surface area contributed by atoms with E-state index in [0.717, 1.165) is 12.1 Å². The van der Waals surface area contributed by atoms with Gasteiger partial charge in [0.05, 0.1) is 5.56 Å². The van der Waals surface area contributed by atoms with Crippen LogP contribution in [0.4, 0.5) is 13.2 Å². The SMILES string of the molecule is C=CC(O)COc1cccc(C(F)(F)F)c1. The van der Waals surface area contributed by atoms with E-state index >= 15 is 0 Å². The Bertz CT molecular complexity index is 360. The van der Waals surface area contributed by atoms with Gasteiger partial charge in [0, 0.05) is 0 Å². The molecule has 16 heavy (non-hydrogen) atoms. The molecule has 1 aromatic rings. The van der Waals surface area contributed by atoms with Gasteiger partial charge in [-0.1, -0.05) is 12.1 Å². The zero-order valence-electron chi connectivity index (χ0n) is 8.37. The summed E-state index contributed by atoms with van der Waals surface area (Å²) in [4.78, 5) is 0. The second-order valence-corrected chi connectivity index (χ2v) is 3.14. The molecule has 88 valence electrons. The van der Waals surface area contributed by atoms with Gasteiger partial charge in [-0.15, -0.1) is 6.58 Å². The van der Waals surface area contributed by atoms with Crippen molar-refractivity contribution in [2.45, 2.75) is 12.3 Å². The molecule has 1 atom stereocenters. The highest BCUT2D eigenvalue weighted by Gasteiger charge is 2.30. The normalized spacial score (nSPS) is 13.2. The van der Waals surface area contributed by atoms with Crippen LogP contribution in [0.3, 0.4) is 0 Å². The first kappa shape index (κ1) is 12.6. The van der Waals surface area contributed by atoms with Crippen LogP contribution in [0.1, 0.15) is 5.56 Å². The molecule has 0 aliphatic carbocycles. The van der Waals surface area contributed by atoms with E-state index in [2.05, 4.69) is 6.58 Å². The summed E-state index contributed by atoms with van der Waals surface area (Å²) in [5.74, 6) is 0.0655. The Morgan fingerprint density at radius 2 is 2.12 bits per heavy atom. The van der Waals surface area contributed by atoms with Gasteiger partial charge < -0.3 is 9.84 Å². The van der Waals surface area contributed by atoms with Crippen LogP contribution in [0.25, 0.3) is 0 Å². The molecule has 1 N–H and O–H groups in total. The fourth-order valence-electron chi connectivity index (χ4n) is 1.01. The van der Waals surface area contributed by atoms with Crippen molar-refractivity contribution in [3.8, 4) is 5.75 Å². The Morgan fingerprint density at radius 3 is 2.69 bits per heavy atom. The van der Waals surface area contributed by atoms with Crippen LogP contribution in [0, 0.1) is 0 Å². The van der Waals surface area contributed by atoms with Crippen LogP contribution in [0.2, 0.25) is 0 Å². The maximum absolute atomic E-state index is 12.3. The largest absolute Gasteiger partial charge is 0.491 e. The second-order valence-electron chi connectivity index (χ2n) is 3.14. The lowest BCUT2D eigenvalue weighted by molar-refractivity contribution is -0.137. The lowest BCUT2D eigenvalue weighted by Crippen LogP contribution is -2.14. The molecule has 0 saturated heterocycles. The fraction of sp³-hybridized carbons (Fsp3) is 0.273. The van der Waals surface area contributed by atoms with Crippen LogP contribution in [-0.4, -0.2) is 17.8 Å². The van der Waals surface area contributed by atoms with E-state index in [1.807, 2.05) is 0 Å². The summed E-state index contributed by atoms with van der Waals surface area (Å²) >= 11 is 0. The second kappa shape index (κ2) is 5.03. The maximum atomic E-state index is 12.3. The summed E-state index contributed by atoms with van der Waals surface area (Å²) in [6.07, 6.45) is -4.04. The van der Waals surface area contributed by atoms with Crippen LogP contribution in [0.15, 0.2) is 36.9 Å². The summed E-state index contributed by atoms with van der Waals surface area (Å²) in [5, 5.41) is 9.08. The number of aliphatic hydroxyl groups is 1. The summed E-state index contributed by atoms with van der Waals surface area (Å²) in [5.41, 5.74) is -0.780. The lowest BCUT2D eigenvalue weighted by atomic mass is 10.2. The topological polar surface area (TPSA) is 29.5 Å². The number of ether oxygens (including phenoxy) is 1. The number of rotatable bonds is 4. The first-order chi connectivity index (χ1) is 7.43. The predicted octanol–water partition coefficient (Wildman–Crippen LogP) is 2.63. The molecule has 2 nitrogen and oxygen atoms in total. The number of hydrogen-bond donors (Lipinski definition) is 1. The van der Waals surface area contributed by atoms with E-state index < -0.39 is 17.8 Å². The average Bonchev–Trinajstić information content (AvgIpc) is 2.25. The number of halogens is 3. The van der Waals surface area contributed by atoms with E-state index in [0.29, 0.717) is 0 Å². The molecule has 0 aromatic heterocycles. The highest BCUT2D eigenvalue weighted by Crippen LogP contribution is 2.31. The first-order valence-corrected chi connectivity index (χ1v) is 4.54. The fourth-order valence-corrected chi connectivity index (χ4v) is 1.01. The maximum Gasteiger partial charge on any atom is 0.416 e. The highest BCUT2D eigenvalue weighted by atomic mass is 19.4. The predicted molar refractivity (Wildman–Crippen MR) is 53.1 cm³/mol. The zero-order chi connectivity index (χ0) is 12.2. The third-order valence-electron chi connectivity index (χ3n) is 1.85. The van der Waals surface area contributed by atoms with E-state index in [9.17, 15) is 13.2 Å². The summed E-state index contributed by atoms with van der Waals surface area (Å²) in [7, 11) is 0. The molecule has 0 spiro atoms. The van der Waals surface area contributed by atoms with E-state index in [-0.39, 0.29) is 12.4 Å². The molecule has 1 unspecified atom stereocenters. The molecule has 0 fully saturated rings. The van der Waals surface area contributed by atoms with Gasteiger partial charge in [0.2, 0.25) is 0 Å². The van der Waals surface area contributed by atoms with Crippen LogP contribution >= 0.6 is 0 Å². The molecule has 0 bridgehead atoms. The van der Waals surface area contributed by atoms with E-state index in [1.165, 1.54) is 18.2 Å². The Hall–Kier alpha value is -1.49. The molecule has 0 heterocycles. The van der Waals surface area contributed by atoms with Gasteiger partial charge in [-0.05, 0) is 18.2 Å². The van der Waals surface area contributed by atoms with Gasteiger partial charge >= 0.3 is 6.18 Å². The smallest absolute Gasteiger partial charge is 0.416 e. The molecule has 5 heteroatoms. The minimum Gasteiger partial charge on any atom is -0.491 e. The Kier molecular flexibility index (Phi) is 3.95. The van der Waals surface area contributed by atoms with Crippen LogP contribution in [0.5, 0.6) is 5.75 Å². The third-order valence-corrected chi connectivity index (χ3v) is 1.85. The molecular weight excluding hydrogens is 221 g/mol. The van der Waals surface area contributed by atoms with Crippen molar-refractivity contribution in [2.75, 3.05) is 6.61 Å². The number of hydrogen-bond acceptors (Lipinski definition) is 2. The van der Waals surface area contributed by atoms with Gasteiger partial charge in [0.1, 0.15) is 18.5 Å². The van der Waals surface area contributed by atoms with Crippen molar-refractivity contribution >= 4 is 0 Å². The van der Waals surface area contributed by atoms with Crippen molar-refractivity contribution < 1.29 is 23.0 Å². The van der Waals surface area contributed by atoms with Crippen LogP contribution < -0.4 is 4.74 Å². The molecule has 1 aromatic carbocycles. The summed E-state index contributed by atoms with van der Waals surface area (Å²) in [6, 6.07) is 4.48. The molecule has 0 aliphatic rings. The van der Waals surface area contributed by atoms with Crippen molar-refractivity contribution in [1.82, 2.24) is 0 Å². The molecule has 1 rings (SSSR count). The minimum atomic E-state index is -4.39. The number of benzene rings is 1. The first-order valence-electron chi connectivity index (χ1n) is 4.54. The van der Waals surface area contributed by atoms with Gasteiger partial charge in [0.15, 0.2) is 0 Å². The monoisotopic (exact) mass is 232 g/mol. The Labute approximate surface area is 91.0 Å². The van der Waals surface area contributed by atoms with Gasteiger partial charge in [-0.2, -0.15) is 13.2 Å². The molecule has 0 radical (unpaired) electrons. The zero-order valence-corrected chi connectivity index (χ0v) is 8.37. The molecule has 0 saturated carbocycles. The van der Waals surface area contributed by atoms with Gasteiger partial charge in [0.25, 0.3) is 0 Å². The van der Waals surface area contributed by atoms with E-state index in [1.54, 1.807) is 0 Å². The Balaban J connectivity index is 2.72. The standard InChI is InChI=1S/C11H11F3O2/c1-2-9(15)7-16-10-5-3-4-8(6-10)11(12,13)14/h2-6,9,15H,1,7H2. The molecular formula is C11H11F3O2. The number of aliphatic hydroxyl groups excluding tert-OH is 1. The average molecular weight is 232 g/mol. The molecule has 0 aliphatic heterocycles. The van der Waals surface area contributed by atoms with E-state index in [4.69, 9.17) is 9.84 Å². The number of alkyl halides is 3. The highest BCUT2D eigenvalue weighted by molar-refractivity contribution is 5.30. The summed E-state index contributed by atoms with van der Waals surface area (Å²) < 4.78 is 41.9. The van der Waals surface area contributed by atoms with Crippen molar-refractivity contribution in [3.63, 3.8) is 0 Å². The minimum absolute atomic E-state index is 0.0655. The third kappa shape index (κ3) is 3.58. The van der Waals surface area contributed by atoms with Crippen molar-refractivity contribution in [3.05, 3.63) is 42.5 Å². The Morgan fingerprint density at radius 1 is 1.44 bits per heavy atom. The van der Waals surface area contributed by atoms with Gasteiger partial charge in [-0.3, -0.25) is 0 Å². The van der Waals surface area contributed by atoms with Crippen molar-refractivity contribution in [1.29, 1.82) is 0 Å². The lowest BCUT2D eigenvalue weighted by Gasteiger charge is -2.11.